The maximum absolute atomic E-state index is 13.3. The Hall–Kier alpha value is -3.04. The minimum absolute atomic E-state index is 0.239. The molecule has 4 rings (SSSR count). The van der Waals surface area contributed by atoms with Gasteiger partial charge in [0, 0.05) is 32.0 Å². The molecule has 0 saturated carbocycles. The normalized spacial score (nSPS) is 15.1. The van der Waals surface area contributed by atoms with Crippen molar-refractivity contribution in [2.45, 2.75) is 0 Å². The van der Waals surface area contributed by atoms with Crippen LogP contribution in [0.1, 0.15) is 0 Å². The molecule has 1 saturated heterocycles. The fraction of sp³-hybridized carbons (Fsp3) is 0.294. The molecular weight excluding hydrogens is 334 g/mol. The van der Waals surface area contributed by atoms with E-state index in [1.165, 1.54) is 5.01 Å². The number of H-pyrrole nitrogens is 1. The first kappa shape index (κ1) is 16.4. The number of ether oxygens (including phenoxy) is 1. The van der Waals surface area contributed by atoms with Gasteiger partial charge in [0.15, 0.2) is 5.65 Å². The third-order valence-electron chi connectivity index (χ3n) is 4.25. The van der Waals surface area contributed by atoms with Crippen molar-refractivity contribution in [1.82, 2.24) is 25.2 Å². The fourth-order valence-corrected chi connectivity index (χ4v) is 2.82. The summed E-state index contributed by atoms with van der Waals surface area (Å²) in [4.78, 5) is 23.7. The van der Waals surface area contributed by atoms with Crippen LogP contribution in [-0.2, 0) is 4.74 Å². The Morgan fingerprint density at radius 1 is 1.19 bits per heavy atom. The number of hydrogen-bond acceptors (Lipinski definition) is 6. The van der Waals surface area contributed by atoms with E-state index in [1.807, 2.05) is 35.3 Å². The SMILES string of the molecule is CN(C(=O)N(c1ncc2cn[nH]c2n1)N1CCOCC1)c1ccccc1. The molecule has 2 amide bonds. The van der Waals surface area contributed by atoms with Crippen LogP contribution in [0.15, 0.2) is 42.7 Å². The molecule has 9 heteroatoms. The molecular formula is C17H19N7O2. The lowest BCUT2D eigenvalue weighted by Crippen LogP contribution is -2.56. The van der Waals surface area contributed by atoms with Gasteiger partial charge in [-0.3, -0.25) is 10.00 Å². The van der Waals surface area contributed by atoms with Gasteiger partial charge in [0.2, 0.25) is 0 Å². The van der Waals surface area contributed by atoms with Crippen molar-refractivity contribution in [3.05, 3.63) is 42.7 Å². The predicted molar refractivity (Wildman–Crippen MR) is 96.8 cm³/mol. The number of rotatable bonds is 3. The molecule has 3 heterocycles. The van der Waals surface area contributed by atoms with Crippen LogP contribution in [0.2, 0.25) is 0 Å². The number of hydrazine groups is 1. The van der Waals surface area contributed by atoms with Crippen molar-refractivity contribution < 1.29 is 9.53 Å². The summed E-state index contributed by atoms with van der Waals surface area (Å²) >= 11 is 0. The Kier molecular flexibility index (Phi) is 4.46. The molecule has 134 valence electrons. The molecule has 2 aromatic heterocycles. The lowest BCUT2D eigenvalue weighted by atomic mass is 10.3. The summed E-state index contributed by atoms with van der Waals surface area (Å²) in [6.07, 6.45) is 3.31. The van der Waals surface area contributed by atoms with E-state index >= 15 is 0 Å². The average Bonchev–Trinajstić information content (AvgIpc) is 3.17. The van der Waals surface area contributed by atoms with Gasteiger partial charge in [0.25, 0.3) is 5.95 Å². The monoisotopic (exact) mass is 353 g/mol. The van der Waals surface area contributed by atoms with Crippen LogP contribution in [0.25, 0.3) is 11.0 Å². The number of amides is 2. The zero-order valence-corrected chi connectivity index (χ0v) is 14.4. The van der Waals surface area contributed by atoms with Gasteiger partial charge in [-0.05, 0) is 12.1 Å². The summed E-state index contributed by atoms with van der Waals surface area (Å²) in [5.74, 6) is 0.302. The number of hydrogen-bond donors (Lipinski definition) is 1. The van der Waals surface area contributed by atoms with E-state index in [-0.39, 0.29) is 6.03 Å². The number of aromatic nitrogens is 4. The third-order valence-corrected chi connectivity index (χ3v) is 4.25. The number of para-hydroxylation sites is 1. The number of carbonyl (C=O) groups is 1. The van der Waals surface area contributed by atoms with Crippen molar-refractivity contribution in [2.75, 3.05) is 43.3 Å². The van der Waals surface area contributed by atoms with Crippen LogP contribution >= 0.6 is 0 Å². The van der Waals surface area contributed by atoms with Crippen LogP contribution in [0, 0.1) is 0 Å². The number of anilines is 2. The van der Waals surface area contributed by atoms with E-state index in [1.54, 1.807) is 24.3 Å². The topological polar surface area (TPSA) is 90.5 Å². The zero-order chi connectivity index (χ0) is 17.9. The van der Waals surface area contributed by atoms with Crippen LogP contribution in [0.4, 0.5) is 16.4 Å². The lowest BCUT2D eigenvalue weighted by Gasteiger charge is -2.37. The molecule has 0 radical (unpaired) electrons. The van der Waals surface area contributed by atoms with Gasteiger partial charge in [0.05, 0.1) is 24.8 Å². The first-order chi connectivity index (χ1) is 12.7. The van der Waals surface area contributed by atoms with E-state index in [0.29, 0.717) is 37.9 Å². The molecule has 26 heavy (non-hydrogen) atoms. The maximum atomic E-state index is 13.3. The predicted octanol–water partition coefficient (Wildman–Crippen LogP) is 1.66. The first-order valence-corrected chi connectivity index (χ1v) is 8.35. The molecule has 9 nitrogen and oxygen atoms in total. The summed E-state index contributed by atoms with van der Waals surface area (Å²) in [6.45, 7) is 2.26. The van der Waals surface area contributed by atoms with Gasteiger partial charge < -0.3 is 4.74 Å². The minimum atomic E-state index is -0.239. The second kappa shape index (κ2) is 7.06. The zero-order valence-electron chi connectivity index (χ0n) is 14.4. The van der Waals surface area contributed by atoms with Gasteiger partial charge in [-0.25, -0.2) is 14.8 Å². The number of urea groups is 1. The molecule has 1 aliphatic rings. The molecule has 0 atom stereocenters. The number of morpholine rings is 1. The Labute approximate surface area is 150 Å². The van der Waals surface area contributed by atoms with Crippen LogP contribution < -0.4 is 9.91 Å². The van der Waals surface area contributed by atoms with Gasteiger partial charge in [-0.1, -0.05) is 18.2 Å². The van der Waals surface area contributed by atoms with Gasteiger partial charge in [0.1, 0.15) is 0 Å². The number of carbonyl (C=O) groups excluding carboxylic acids is 1. The van der Waals surface area contributed by atoms with Crippen LogP contribution in [0.3, 0.4) is 0 Å². The summed E-state index contributed by atoms with van der Waals surface area (Å²) in [6, 6.07) is 9.23. The van der Waals surface area contributed by atoms with E-state index in [4.69, 9.17) is 4.74 Å². The first-order valence-electron chi connectivity index (χ1n) is 8.35. The Balaban J connectivity index is 1.71. The second-order valence-electron chi connectivity index (χ2n) is 5.90. The van der Waals surface area contributed by atoms with E-state index < -0.39 is 0 Å². The third kappa shape index (κ3) is 3.09. The highest BCUT2D eigenvalue weighted by Gasteiger charge is 2.30. The molecule has 1 N–H and O–H groups in total. The Morgan fingerprint density at radius 3 is 2.73 bits per heavy atom. The van der Waals surface area contributed by atoms with Crippen molar-refractivity contribution in [1.29, 1.82) is 0 Å². The molecule has 0 bridgehead atoms. The highest BCUT2D eigenvalue weighted by Crippen LogP contribution is 2.20. The molecule has 1 aliphatic heterocycles. The fourth-order valence-electron chi connectivity index (χ4n) is 2.82. The Morgan fingerprint density at radius 2 is 1.96 bits per heavy atom. The molecule has 3 aromatic rings. The number of aromatic amines is 1. The number of nitrogens with zero attached hydrogens (tertiary/aromatic N) is 6. The van der Waals surface area contributed by atoms with E-state index in [2.05, 4.69) is 20.2 Å². The summed E-state index contributed by atoms with van der Waals surface area (Å²) < 4.78 is 5.42. The molecule has 0 aliphatic carbocycles. The summed E-state index contributed by atoms with van der Waals surface area (Å²) in [7, 11) is 1.74. The van der Waals surface area contributed by atoms with E-state index in [0.717, 1.165) is 11.1 Å². The van der Waals surface area contributed by atoms with Crippen LogP contribution in [0.5, 0.6) is 0 Å². The van der Waals surface area contributed by atoms with E-state index in [9.17, 15) is 4.79 Å². The highest BCUT2D eigenvalue weighted by molar-refractivity contribution is 6.01. The minimum Gasteiger partial charge on any atom is -0.379 e. The molecule has 1 aromatic carbocycles. The van der Waals surface area contributed by atoms with Crippen molar-refractivity contribution in [2.24, 2.45) is 0 Å². The average molecular weight is 353 g/mol. The molecule has 0 unspecified atom stereocenters. The Bertz CT molecular complexity index is 892. The van der Waals surface area contributed by atoms with Gasteiger partial charge in [-0.15, -0.1) is 0 Å². The van der Waals surface area contributed by atoms with Crippen molar-refractivity contribution in [3.63, 3.8) is 0 Å². The lowest BCUT2D eigenvalue weighted by molar-refractivity contribution is 0.0356. The molecule has 0 spiro atoms. The standard InChI is InChI=1S/C17H19N7O2/c1-22(14-5-3-2-4-6-14)17(25)24(23-7-9-26-10-8-23)16-18-11-13-12-19-21-15(13)20-16/h2-6,11-12H,7-10H2,1H3,(H,18,19,20,21). The number of fused-ring (bicyclic) bond motifs is 1. The van der Waals surface area contributed by atoms with Crippen molar-refractivity contribution in [3.8, 4) is 0 Å². The van der Waals surface area contributed by atoms with Crippen molar-refractivity contribution >= 4 is 28.7 Å². The molecule has 1 fully saturated rings. The smallest absolute Gasteiger partial charge is 0.346 e. The second-order valence-corrected chi connectivity index (χ2v) is 5.90. The number of nitrogens with one attached hydrogen (secondary N) is 1. The number of benzene rings is 1. The summed E-state index contributed by atoms with van der Waals surface area (Å²) in [5.41, 5.74) is 1.38. The highest BCUT2D eigenvalue weighted by atomic mass is 16.5. The largest absolute Gasteiger partial charge is 0.379 e. The summed E-state index contributed by atoms with van der Waals surface area (Å²) in [5, 5.41) is 11.0. The van der Waals surface area contributed by atoms with Gasteiger partial charge in [-0.2, -0.15) is 15.1 Å². The van der Waals surface area contributed by atoms with Gasteiger partial charge >= 0.3 is 6.03 Å². The van der Waals surface area contributed by atoms with Crippen LogP contribution in [-0.4, -0.2) is 64.6 Å². The maximum Gasteiger partial charge on any atom is 0.346 e. The quantitative estimate of drug-likeness (QED) is 0.770.